The Kier molecular flexibility index (Phi) is 7.16. The molecule has 0 unspecified atom stereocenters. The predicted octanol–water partition coefficient (Wildman–Crippen LogP) is 4.87. The third-order valence-corrected chi connectivity index (χ3v) is 4.39. The molecule has 0 saturated heterocycles. The van der Waals surface area contributed by atoms with Crippen molar-refractivity contribution >= 4 is 12.0 Å². The Hall–Kier alpha value is -3.67. The standard InChI is InChI=1S/C24H23FN2O3/c1-18-6-3-4-8-22(18)29-15-14-27(2)24(28)12-10-19-9-11-23(21(25)16-19)30-20-7-5-13-26-17-20/h3-13,16-17H,14-15H2,1-2H3/b12-10+. The van der Waals surface area contributed by atoms with Crippen LogP contribution in [0.1, 0.15) is 11.1 Å². The Balaban J connectivity index is 1.52. The fourth-order valence-corrected chi connectivity index (χ4v) is 2.65. The van der Waals surface area contributed by atoms with Gasteiger partial charge in [-0.05, 0) is 54.5 Å². The highest BCUT2D eigenvalue weighted by Crippen LogP contribution is 2.24. The molecule has 0 spiro atoms. The van der Waals surface area contributed by atoms with E-state index < -0.39 is 5.82 Å². The second-order valence-corrected chi connectivity index (χ2v) is 6.69. The average Bonchev–Trinajstić information content (AvgIpc) is 2.75. The summed E-state index contributed by atoms with van der Waals surface area (Å²) in [5.74, 6) is 0.632. The van der Waals surface area contributed by atoms with Gasteiger partial charge in [0.05, 0.1) is 12.7 Å². The van der Waals surface area contributed by atoms with E-state index >= 15 is 0 Å². The lowest BCUT2D eigenvalue weighted by Crippen LogP contribution is -2.29. The molecule has 3 rings (SSSR count). The Morgan fingerprint density at radius 2 is 1.97 bits per heavy atom. The van der Waals surface area contributed by atoms with Crippen molar-refractivity contribution in [2.45, 2.75) is 6.92 Å². The quantitative estimate of drug-likeness (QED) is 0.501. The summed E-state index contributed by atoms with van der Waals surface area (Å²) in [6.45, 7) is 2.79. The highest BCUT2D eigenvalue weighted by molar-refractivity contribution is 5.91. The third kappa shape index (κ3) is 5.91. The van der Waals surface area contributed by atoms with Gasteiger partial charge in [0.2, 0.25) is 5.91 Å². The lowest BCUT2D eigenvalue weighted by Gasteiger charge is -2.16. The summed E-state index contributed by atoms with van der Waals surface area (Å²) >= 11 is 0. The van der Waals surface area contributed by atoms with E-state index in [9.17, 15) is 9.18 Å². The van der Waals surface area contributed by atoms with E-state index in [4.69, 9.17) is 9.47 Å². The summed E-state index contributed by atoms with van der Waals surface area (Å²) in [6, 6.07) is 15.6. The molecule has 0 aliphatic heterocycles. The summed E-state index contributed by atoms with van der Waals surface area (Å²) in [6.07, 6.45) is 6.09. The summed E-state index contributed by atoms with van der Waals surface area (Å²) < 4.78 is 25.5. The van der Waals surface area contributed by atoms with Gasteiger partial charge in [-0.15, -0.1) is 0 Å². The van der Waals surface area contributed by atoms with Crippen LogP contribution in [0.2, 0.25) is 0 Å². The van der Waals surface area contributed by atoms with Crippen LogP contribution in [0.15, 0.2) is 73.1 Å². The molecule has 0 fully saturated rings. The van der Waals surface area contributed by atoms with Crippen LogP contribution in [-0.4, -0.2) is 36.0 Å². The third-order valence-electron chi connectivity index (χ3n) is 4.39. The van der Waals surface area contributed by atoms with Crippen molar-refractivity contribution in [1.82, 2.24) is 9.88 Å². The second kappa shape index (κ2) is 10.2. The van der Waals surface area contributed by atoms with E-state index in [0.29, 0.717) is 24.5 Å². The molecule has 154 valence electrons. The lowest BCUT2D eigenvalue weighted by atomic mass is 10.2. The monoisotopic (exact) mass is 406 g/mol. The molecule has 1 aromatic heterocycles. The first-order valence-corrected chi connectivity index (χ1v) is 9.52. The Morgan fingerprint density at radius 1 is 1.13 bits per heavy atom. The normalized spacial score (nSPS) is 10.8. The van der Waals surface area contributed by atoms with Crippen LogP contribution in [0, 0.1) is 12.7 Å². The smallest absolute Gasteiger partial charge is 0.246 e. The molecular weight excluding hydrogens is 383 g/mol. The zero-order valence-electron chi connectivity index (χ0n) is 16.9. The van der Waals surface area contributed by atoms with Crippen LogP contribution >= 0.6 is 0 Å². The van der Waals surface area contributed by atoms with Crippen LogP contribution in [0.5, 0.6) is 17.2 Å². The number of pyridine rings is 1. The maximum absolute atomic E-state index is 14.3. The Labute approximate surface area is 175 Å². The van der Waals surface area contributed by atoms with Gasteiger partial charge < -0.3 is 14.4 Å². The maximum Gasteiger partial charge on any atom is 0.246 e. The van der Waals surface area contributed by atoms with Crippen molar-refractivity contribution < 1.29 is 18.7 Å². The van der Waals surface area contributed by atoms with Crippen LogP contribution in [0.3, 0.4) is 0 Å². The molecule has 1 heterocycles. The first-order valence-electron chi connectivity index (χ1n) is 9.52. The summed E-state index contributed by atoms with van der Waals surface area (Å²) in [4.78, 5) is 17.7. The molecule has 2 aromatic carbocycles. The van der Waals surface area contributed by atoms with E-state index in [1.54, 1.807) is 42.4 Å². The Bertz CT molecular complexity index is 1020. The zero-order valence-corrected chi connectivity index (χ0v) is 16.9. The summed E-state index contributed by atoms with van der Waals surface area (Å²) in [7, 11) is 1.69. The van der Waals surface area contributed by atoms with E-state index in [2.05, 4.69) is 4.98 Å². The number of aromatic nitrogens is 1. The van der Waals surface area contributed by atoms with Gasteiger partial charge in [-0.3, -0.25) is 9.78 Å². The molecule has 5 nitrogen and oxygen atoms in total. The fourth-order valence-electron chi connectivity index (χ4n) is 2.65. The molecule has 0 saturated carbocycles. The van der Waals surface area contributed by atoms with Crippen molar-refractivity contribution in [1.29, 1.82) is 0 Å². The number of rotatable bonds is 8. The highest BCUT2D eigenvalue weighted by Gasteiger charge is 2.08. The first-order chi connectivity index (χ1) is 14.5. The number of hydrogen-bond acceptors (Lipinski definition) is 4. The topological polar surface area (TPSA) is 51.7 Å². The fraction of sp³-hybridized carbons (Fsp3) is 0.167. The molecule has 0 radical (unpaired) electrons. The van der Waals surface area contributed by atoms with Gasteiger partial charge in [0.1, 0.15) is 18.1 Å². The number of benzene rings is 2. The van der Waals surface area contributed by atoms with Gasteiger partial charge in [-0.2, -0.15) is 0 Å². The van der Waals surface area contributed by atoms with Crippen molar-refractivity contribution in [2.24, 2.45) is 0 Å². The number of amides is 1. The van der Waals surface area contributed by atoms with Crippen molar-refractivity contribution in [2.75, 3.05) is 20.2 Å². The van der Waals surface area contributed by atoms with E-state index in [0.717, 1.165) is 11.3 Å². The molecule has 6 heteroatoms. The van der Waals surface area contributed by atoms with Gasteiger partial charge in [0.15, 0.2) is 11.6 Å². The van der Waals surface area contributed by atoms with Crippen LogP contribution in [0.4, 0.5) is 4.39 Å². The number of hydrogen-bond donors (Lipinski definition) is 0. The zero-order chi connectivity index (χ0) is 21.3. The van der Waals surface area contributed by atoms with Gasteiger partial charge in [0.25, 0.3) is 0 Å². The van der Waals surface area contributed by atoms with E-state index in [1.165, 1.54) is 24.4 Å². The molecule has 30 heavy (non-hydrogen) atoms. The predicted molar refractivity (Wildman–Crippen MR) is 114 cm³/mol. The number of ether oxygens (including phenoxy) is 2. The number of carbonyl (C=O) groups excluding carboxylic acids is 1. The minimum Gasteiger partial charge on any atom is -0.491 e. The lowest BCUT2D eigenvalue weighted by molar-refractivity contribution is -0.125. The number of nitrogens with zero attached hydrogens (tertiary/aromatic N) is 2. The molecular formula is C24H23FN2O3. The minimum absolute atomic E-state index is 0.0944. The Morgan fingerprint density at radius 3 is 2.70 bits per heavy atom. The second-order valence-electron chi connectivity index (χ2n) is 6.69. The van der Waals surface area contributed by atoms with Gasteiger partial charge in [0, 0.05) is 19.3 Å². The number of carbonyl (C=O) groups is 1. The van der Waals surface area contributed by atoms with Gasteiger partial charge in [-0.1, -0.05) is 24.3 Å². The SMILES string of the molecule is Cc1ccccc1OCCN(C)C(=O)/C=C/c1ccc(Oc2cccnc2)c(F)c1. The molecule has 0 aliphatic rings. The molecule has 0 bridgehead atoms. The van der Waals surface area contributed by atoms with Crippen molar-refractivity contribution in [3.63, 3.8) is 0 Å². The molecule has 3 aromatic rings. The maximum atomic E-state index is 14.3. The number of halogens is 1. The molecule has 0 atom stereocenters. The molecule has 0 N–H and O–H groups in total. The van der Waals surface area contributed by atoms with Crippen LogP contribution in [0.25, 0.3) is 6.08 Å². The first kappa shape index (κ1) is 21.0. The van der Waals surface area contributed by atoms with E-state index in [1.807, 2.05) is 31.2 Å². The molecule has 1 amide bonds. The largest absolute Gasteiger partial charge is 0.491 e. The average molecular weight is 406 g/mol. The molecule has 0 aliphatic carbocycles. The van der Waals surface area contributed by atoms with Crippen molar-refractivity contribution in [3.05, 3.63) is 90.0 Å². The van der Waals surface area contributed by atoms with E-state index in [-0.39, 0.29) is 11.7 Å². The van der Waals surface area contributed by atoms with Crippen molar-refractivity contribution in [3.8, 4) is 17.2 Å². The van der Waals surface area contributed by atoms with Crippen LogP contribution < -0.4 is 9.47 Å². The highest BCUT2D eigenvalue weighted by atomic mass is 19.1. The van der Waals surface area contributed by atoms with Gasteiger partial charge >= 0.3 is 0 Å². The van der Waals surface area contributed by atoms with Crippen LogP contribution in [-0.2, 0) is 4.79 Å². The van der Waals surface area contributed by atoms with Gasteiger partial charge in [-0.25, -0.2) is 4.39 Å². The summed E-state index contributed by atoms with van der Waals surface area (Å²) in [5, 5.41) is 0. The minimum atomic E-state index is -0.520. The number of likely N-dealkylation sites (N-methyl/N-ethyl adjacent to an activating group) is 1. The summed E-state index contributed by atoms with van der Waals surface area (Å²) in [5.41, 5.74) is 1.60. The number of para-hydroxylation sites is 1. The number of aryl methyl sites for hydroxylation is 1.